The predicted molar refractivity (Wildman–Crippen MR) is 143 cm³/mol. The number of alkyl halides is 3. The average Bonchev–Trinajstić information content (AvgIpc) is 3.46. The minimum Gasteiger partial charge on any atom is -0.304 e. The first-order chi connectivity index (χ1) is 18.5. The Balaban J connectivity index is 1.44. The molecule has 5 rings (SSSR count). The third-order valence-electron chi connectivity index (χ3n) is 6.27. The van der Waals surface area contributed by atoms with Gasteiger partial charge in [-0.3, -0.25) is 9.48 Å². The second-order valence-corrected chi connectivity index (χ2v) is 9.95. The molecular formula is C28H24ClF3N6O. The Hall–Kier alpha value is -4.18. The Morgan fingerprint density at radius 2 is 1.77 bits per heavy atom. The van der Waals surface area contributed by atoms with Crippen LogP contribution < -0.4 is 5.32 Å². The number of carbonyl (C=O) groups excluding carboxylic acids is 1. The van der Waals surface area contributed by atoms with Crippen molar-refractivity contribution < 1.29 is 18.0 Å². The van der Waals surface area contributed by atoms with Gasteiger partial charge in [-0.25, -0.2) is 9.50 Å². The summed E-state index contributed by atoms with van der Waals surface area (Å²) >= 11 is 6.06. The molecule has 3 heterocycles. The number of halogens is 4. The normalized spacial score (nSPS) is 11.9. The fourth-order valence-corrected chi connectivity index (χ4v) is 4.41. The molecule has 0 bridgehead atoms. The van der Waals surface area contributed by atoms with Crippen LogP contribution in [0.1, 0.15) is 52.8 Å². The monoisotopic (exact) mass is 552 g/mol. The first-order valence-corrected chi connectivity index (χ1v) is 12.5. The topological polar surface area (TPSA) is 77.1 Å². The smallest absolute Gasteiger partial charge is 0.304 e. The van der Waals surface area contributed by atoms with Gasteiger partial charge in [0.15, 0.2) is 22.9 Å². The third-order valence-corrected chi connectivity index (χ3v) is 6.50. The average molecular weight is 553 g/mol. The van der Waals surface area contributed by atoms with Gasteiger partial charge >= 0.3 is 6.18 Å². The van der Waals surface area contributed by atoms with Crippen LogP contribution in [-0.2, 0) is 12.7 Å². The number of benzene rings is 2. The fourth-order valence-electron chi connectivity index (χ4n) is 4.19. The largest absolute Gasteiger partial charge is 0.433 e. The number of aryl methyl sites for hydroxylation is 1. The molecule has 0 spiro atoms. The van der Waals surface area contributed by atoms with E-state index >= 15 is 0 Å². The van der Waals surface area contributed by atoms with E-state index in [1.54, 1.807) is 28.9 Å². The number of amides is 1. The van der Waals surface area contributed by atoms with E-state index in [1.807, 2.05) is 51.1 Å². The second-order valence-electron chi connectivity index (χ2n) is 9.51. The van der Waals surface area contributed by atoms with Gasteiger partial charge in [0.25, 0.3) is 5.91 Å². The molecule has 0 saturated carbocycles. The minimum atomic E-state index is -4.72. The molecule has 0 saturated heterocycles. The number of hydrogen-bond acceptors (Lipinski definition) is 4. The number of rotatable bonds is 6. The zero-order valence-corrected chi connectivity index (χ0v) is 22.0. The van der Waals surface area contributed by atoms with Crippen LogP contribution in [0, 0.1) is 6.92 Å². The lowest BCUT2D eigenvalue weighted by atomic mass is 10.0. The van der Waals surface area contributed by atoms with Crippen molar-refractivity contribution >= 4 is 29.0 Å². The SMILES string of the molecule is Cc1cc(NC(=O)c2cc3nc(-c4ccc(C(C)C)cc4)cc(C(F)(F)F)n3n2)nn1Cc1cccc(Cl)c1. The van der Waals surface area contributed by atoms with Crippen molar-refractivity contribution in [1.29, 1.82) is 0 Å². The molecule has 39 heavy (non-hydrogen) atoms. The van der Waals surface area contributed by atoms with Gasteiger partial charge in [0.2, 0.25) is 0 Å². The van der Waals surface area contributed by atoms with E-state index in [4.69, 9.17) is 11.6 Å². The lowest BCUT2D eigenvalue weighted by molar-refractivity contribution is -0.142. The van der Waals surface area contributed by atoms with Crippen LogP contribution >= 0.6 is 11.6 Å². The van der Waals surface area contributed by atoms with Crippen LogP contribution in [0.4, 0.5) is 19.0 Å². The van der Waals surface area contributed by atoms with Crippen molar-refractivity contribution in [2.45, 2.75) is 39.4 Å². The molecule has 3 aromatic heterocycles. The van der Waals surface area contributed by atoms with Crippen LogP contribution in [-0.4, -0.2) is 30.3 Å². The van der Waals surface area contributed by atoms with Gasteiger partial charge in [-0.15, -0.1) is 0 Å². The molecular weight excluding hydrogens is 529 g/mol. The summed E-state index contributed by atoms with van der Waals surface area (Å²) in [5.41, 5.74) is 2.07. The number of carbonyl (C=O) groups is 1. The van der Waals surface area contributed by atoms with Gasteiger partial charge in [-0.1, -0.05) is 61.8 Å². The fraction of sp³-hybridized carbons (Fsp3) is 0.214. The molecule has 0 aliphatic heterocycles. The number of aromatic nitrogens is 5. The van der Waals surface area contributed by atoms with Crippen LogP contribution in [0.5, 0.6) is 0 Å². The van der Waals surface area contributed by atoms with E-state index in [2.05, 4.69) is 20.5 Å². The number of fused-ring (bicyclic) bond motifs is 1. The number of anilines is 1. The summed E-state index contributed by atoms with van der Waals surface area (Å²) in [7, 11) is 0. The zero-order chi connectivity index (χ0) is 27.9. The highest BCUT2D eigenvalue weighted by atomic mass is 35.5. The zero-order valence-electron chi connectivity index (χ0n) is 21.3. The van der Waals surface area contributed by atoms with Gasteiger partial charge in [0.05, 0.1) is 12.2 Å². The lowest BCUT2D eigenvalue weighted by Gasteiger charge is -2.11. The van der Waals surface area contributed by atoms with Gasteiger partial charge in [0.1, 0.15) is 0 Å². The van der Waals surface area contributed by atoms with E-state index in [-0.39, 0.29) is 28.8 Å². The van der Waals surface area contributed by atoms with E-state index in [1.165, 1.54) is 6.07 Å². The summed E-state index contributed by atoms with van der Waals surface area (Å²) in [6, 6.07) is 18.3. The first kappa shape index (κ1) is 26.4. The third kappa shape index (κ3) is 5.65. The molecule has 0 atom stereocenters. The summed E-state index contributed by atoms with van der Waals surface area (Å²) in [5, 5.41) is 11.5. The summed E-state index contributed by atoms with van der Waals surface area (Å²) in [6.45, 7) is 6.32. The van der Waals surface area contributed by atoms with Crippen molar-refractivity contribution in [1.82, 2.24) is 24.4 Å². The second kappa shape index (κ2) is 10.2. The molecule has 0 radical (unpaired) electrons. The Kier molecular flexibility index (Phi) is 6.90. The molecule has 1 N–H and O–H groups in total. The molecule has 1 amide bonds. The molecule has 200 valence electrons. The van der Waals surface area contributed by atoms with E-state index in [9.17, 15) is 18.0 Å². The number of hydrogen-bond donors (Lipinski definition) is 1. The van der Waals surface area contributed by atoms with E-state index in [0.717, 1.165) is 22.9 Å². The highest BCUT2D eigenvalue weighted by molar-refractivity contribution is 6.30. The highest BCUT2D eigenvalue weighted by Gasteiger charge is 2.35. The summed E-state index contributed by atoms with van der Waals surface area (Å²) in [4.78, 5) is 17.3. The maximum Gasteiger partial charge on any atom is 0.433 e. The first-order valence-electron chi connectivity index (χ1n) is 12.2. The Morgan fingerprint density at radius 3 is 2.44 bits per heavy atom. The molecule has 0 aliphatic carbocycles. The maximum atomic E-state index is 14.0. The standard InChI is InChI=1S/C28H24ClF3N6O/c1-16(2)19-7-9-20(10-8-19)22-13-24(28(30,31)32)38-26(33-22)14-23(35-38)27(39)34-25-11-17(3)37(36-25)15-18-5-4-6-21(29)12-18/h4-14,16H,15H2,1-3H3,(H,34,36,39). The van der Waals surface area contributed by atoms with Gasteiger partial charge in [-0.2, -0.15) is 23.4 Å². The van der Waals surface area contributed by atoms with E-state index < -0.39 is 17.8 Å². The van der Waals surface area contributed by atoms with E-state index in [0.29, 0.717) is 21.6 Å². The molecule has 7 nitrogen and oxygen atoms in total. The molecule has 0 fully saturated rings. The molecule has 0 unspecified atom stereocenters. The van der Waals surface area contributed by atoms with Gasteiger partial charge in [0, 0.05) is 28.4 Å². The van der Waals surface area contributed by atoms with Gasteiger partial charge < -0.3 is 5.32 Å². The molecule has 0 aliphatic rings. The van der Waals surface area contributed by atoms with Crippen LogP contribution in [0.2, 0.25) is 5.02 Å². The number of nitrogens with one attached hydrogen (secondary N) is 1. The Bertz CT molecular complexity index is 1670. The van der Waals surface area contributed by atoms with Crippen molar-refractivity contribution in [2.24, 2.45) is 0 Å². The van der Waals surface area contributed by atoms with Crippen LogP contribution in [0.15, 0.2) is 66.7 Å². The lowest BCUT2D eigenvalue weighted by Crippen LogP contribution is -2.16. The van der Waals surface area contributed by atoms with Crippen LogP contribution in [0.25, 0.3) is 16.9 Å². The van der Waals surface area contributed by atoms with Crippen molar-refractivity contribution in [3.8, 4) is 11.3 Å². The summed E-state index contributed by atoms with van der Waals surface area (Å²) in [5.74, 6) is -0.182. The number of nitrogens with zero attached hydrogens (tertiary/aromatic N) is 5. The summed E-state index contributed by atoms with van der Waals surface area (Å²) < 4.78 is 44.3. The Morgan fingerprint density at radius 1 is 1.03 bits per heavy atom. The minimum absolute atomic E-state index is 0.0967. The maximum absolute atomic E-state index is 14.0. The summed E-state index contributed by atoms with van der Waals surface area (Å²) in [6.07, 6.45) is -4.72. The van der Waals surface area contributed by atoms with Crippen molar-refractivity contribution in [2.75, 3.05) is 5.32 Å². The van der Waals surface area contributed by atoms with Crippen LogP contribution in [0.3, 0.4) is 0 Å². The predicted octanol–water partition coefficient (Wildman–Crippen LogP) is 7.00. The van der Waals surface area contributed by atoms with Crippen molar-refractivity contribution in [3.05, 3.63) is 100.0 Å². The Labute approximate surface area is 227 Å². The molecule has 5 aromatic rings. The van der Waals surface area contributed by atoms with Crippen molar-refractivity contribution in [3.63, 3.8) is 0 Å². The van der Waals surface area contributed by atoms with Gasteiger partial charge in [-0.05, 0) is 42.2 Å². The molecule has 11 heteroatoms. The quantitative estimate of drug-likeness (QED) is 0.246. The molecule has 2 aromatic carbocycles. The highest BCUT2D eigenvalue weighted by Crippen LogP contribution is 2.33.